The standard InChI is InChI=1S/C12H19NO2S/c1-8(13-10(3)12(14)15-4)7-11-6-5-9(2)16-11/h5-6,8,10,13H,7H2,1-4H3. The summed E-state index contributed by atoms with van der Waals surface area (Å²) in [4.78, 5) is 13.9. The Morgan fingerprint density at radius 1 is 1.50 bits per heavy atom. The van der Waals surface area contributed by atoms with Crippen molar-refractivity contribution in [1.29, 1.82) is 0 Å². The van der Waals surface area contributed by atoms with Gasteiger partial charge in [0.15, 0.2) is 0 Å². The second kappa shape index (κ2) is 6.01. The maximum Gasteiger partial charge on any atom is 0.322 e. The Balaban J connectivity index is 2.41. The van der Waals surface area contributed by atoms with Crippen LogP contribution >= 0.6 is 11.3 Å². The number of methoxy groups -OCH3 is 1. The average Bonchev–Trinajstić information content (AvgIpc) is 2.62. The molecule has 1 aromatic heterocycles. The molecule has 2 atom stereocenters. The number of hydrogen-bond acceptors (Lipinski definition) is 4. The molecule has 90 valence electrons. The first-order valence-electron chi connectivity index (χ1n) is 5.42. The molecule has 0 aromatic carbocycles. The minimum Gasteiger partial charge on any atom is -0.468 e. The topological polar surface area (TPSA) is 38.3 Å². The van der Waals surface area contributed by atoms with Crippen molar-refractivity contribution >= 4 is 17.3 Å². The monoisotopic (exact) mass is 241 g/mol. The third-order valence-electron chi connectivity index (χ3n) is 2.39. The number of nitrogens with one attached hydrogen (secondary N) is 1. The Bertz CT molecular complexity index is 349. The SMILES string of the molecule is COC(=O)C(C)NC(C)Cc1ccc(C)s1. The normalized spacial score (nSPS) is 14.5. The second-order valence-corrected chi connectivity index (χ2v) is 5.40. The summed E-state index contributed by atoms with van der Waals surface area (Å²) in [7, 11) is 1.41. The van der Waals surface area contributed by atoms with Gasteiger partial charge >= 0.3 is 5.97 Å². The summed E-state index contributed by atoms with van der Waals surface area (Å²) in [6.07, 6.45) is 0.944. The lowest BCUT2D eigenvalue weighted by Crippen LogP contribution is -2.41. The number of carbonyl (C=O) groups excluding carboxylic acids is 1. The van der Waals surface area contributed by atoms with Gasteiger partial charge < -0.3 is 10.1 Å². The zero-order valence-corrected chi connectivity index (χ0v) is 11.1. The van der Waals surface area contributed by atoms with Crippen LogP contribution in [0, 0.1) is 6.92 Å². The molecular formula is C12H19NO2S. The summed E-state index contributed by atoms with van der Waals surface area (Å²) in [5, 5.41) is 3.22. The summed E-state index contributed by atoms with van der Waals surface area (Å²) in [6, 6.07) is 4.28. The molecule has 0 aliphatic rings. The first-order valence-corrected chi connectivity index (χ1v) is 6.23. The summed E-state index contributed by atoms with van der Waals surface area (Å²) < 4.78 is 4.67. The van der Waals surface area contributed by atoms with Gasteiger partial charge in [0.1, 0.15) is 6.04 Å². The zero-order valence-electron chi connectivity index (χ0n) is 10.2. The number of rotatable bonds is 5. The van der Waals surface area contributed by atoms with Crippen molar-refractivity contribution in [3.05, 3.63) is 21.9 Å². The van der Waals surface area contributed by atoms with E-state index in [2.05, 4.69) is 36.0 Å². The Kier molecular flexibility index (Phi) is 4.96. The number of thiophene rings is 1. The van der Waals surface area contributed by atoms with Crippen molar-refractivity contribution < 1.29 is 9.53 Å². The van der Waals surface area contributed by atoms with Crippen LogP contribution in [-0.2, 0) is 16.0 Å². The molecule has 0 saturated carbocycles. The summed E-state index contributed by atoms with van der Waals surface area (Å²) in [5.74, 6) is -0.214. The van der Waals surface area contributed by atoms with Gasteiger partial charge in [-0.25, -0.2) is 0 Å². The third-order valence-corrected chi connectivity index (χ3v) is 3.42. The third kappa shape index (κ3) is 3.94. The molecule has 0 amide bonds. The number of hydrogen-bond donors (Lipinski definition) is 1. The average molecular weight is 241 g/mol. The maximum absolute atomic E-state index is 11.2. The smallest absolute Gasteiger partial charge is 0.322 e. The molecule has 3 nitrogen and oxygen atoms in total. The number of esters is 1. The molecule has 4 heteroatoms. The van der Waals surface area contributed by atoms with Crippen LogP contribution in [0.3, 0.4) is 0 Å². The van der Waals surface area contributed by atoms with Crippen molar-refractivity contribution in [2.45, 2.75) is 39.3 Å². The van der Waals surface area contributed by atoms with Crippen LogP contribution in [0.4, 0.5) is 0 Å². The predicted octanol–water partition coefficient (Wildman–Crippen LogP) is 2.14. The molecule has 1 N–H and O–H groups in total. The maximum atomic E-state index is 11.2. The fourth-order valence-corrected chi connectivity index (χ4v) is 2.65. The van der Waals surface area contributed by atoms with Gasteiger partial charge in [-0.15, -0.1) is 11.3 Å². The van der Waals surface area contributed by atoms with E-state index in [1.807, 2.05) is 6.92 Å². The number of carbonyl (C=O) groups is 1. The van der Waals surface area contributed by atoms with E-state index in [0.29, 0.717) is 0 Å². The number of aryl methyl sites for hydroxylation is 1. The molecule has 1 rings (SSSR count). The summed E-state index contributed by atoms with van der Waals surface area (Å²) in [6.45, 7) is 6.00. The number of ether oxygens (including phenoxy) is 1. The molecule has 16 heavy (non-hydrogen) atoms. The summed E-state index contributed by atoms with van der Waals surface area (Å²) >= 11 is 1.80. The van der Waals surface area contributed by atoms with E-state index in [1.165, 1.54) is 16.9 Å². The molecule has 0 aliphatic heterocycles. The largest absolute Gasteiger partial charge is 0.468 e. The van der Waals surface area contributed by atoms with Crippen molar-refractivity contribution in [2.75, 3.05) is 7.11 Å². The van der Waals surface area contributed by atoms with E-state index in [9.17, 15) is 4.79 Å². The van der Waals surface area contributed by atoms with Crippen molar-refractivity contribution in [2.24, 2.45) is 0 Å². The zero-order chi connectivity index (χ0) is 12.1. The Morgan fingerprint density at radius 2 is 2.19 bits per heavy atom. The first kappa shape index (κ1) is 13.2. The molecule has 2 unspecified atom stereocenters. The van der Waals surface area contributed by atoms with Crippen LogP contribution < -0.4 is 5.32 Å². The molecule has 1 heterocycles. The molecule has 0 saturated heterocycles. The van der Waals surface area contributed by atoms with Gasteiger partial charge in [0, 0.05) is 15.8 Å². The van der Waals surface area contributed by atoms with E-state index < -0.39 is 0 Å². The van der Waals surface area contributed by atoms with Crippen molar-refractivity contribution in [3.8, 4) is 0 Å². The molecule has 0 aliphatic carbocycles. The van der Waals surface area contributed by atoms with E-state index in [1.54, 1.807) is 11.3 Å². The van der Waals surface area contributed by atoms with Gasteiger partial charge in [-0.3, -0.25) is 4.79 Å². The van der Waals surface area contributed by atoms with Crippen LogP contribution in [0.2, 0.25) is 0 Å². The molecule has 0 spiro atoms. The van der Waals surface area contributed by atoms with Crippen LogP contribution in [0.1, 0.15) is 23.6 Å². The van der Waals surface area contributed by atoms with Crippen LogP contribution in [0.25, 0.3) is 0 Å². The Morgan fingerprint density at radius 3 is 2.69 bits per heavy atom. The summed E-state index contributed by atoms with van der Waals surface area (Å²) in [5.41, 5.74) is 0. The van der Waals surface area contributed by atoms with Gasteiger partial charge in [0.05, 0.1) is 7.11 Å². The highest BCUT2D eigenvalue weighted by atomic mass is 32.1. The lowest BCUT2D eigenvalue weighted by molar-refractivity contribution is -0.142. The highest BCUT2D eigenvalue weighted by Crippen LogP contribution is 2.16. The second-order valence-electron chi connectivity index (χ2n) is 4.03. The quantitative estimate of drug-likeness (QED) is 0.803. The van der Waals surface area contributed by atoms with Crippen LogP contribution in [0.15, 0.2) is 12.1 Å². The Hall–Kier alpha value is -0.870. The first-order chi connectivity index (χ1) is 7.52. The van der Waals surface area contributed by atoms with Gasteiger partial charge in [-0.05, 0) is 39.3 Å². The fourth-order valence-electron chi connectivity index (χ4n) is 1.63. The van der Waals surface area contributed by atoms with Crippen molar-refractivity contribution in [1.82, 2.24) is 5.32 Å². The molecule has 0 bridgehead atoms. The van der Waals surface area contributed by atoms with E-state index in [0.717, 1.165) is 6.42 Å². The van der Waals surface area contributed by atoms with Gasteiger partial charge in [0.25, 0.3) is 0 Å². The lowest BCUT2D eigenvalue weighted by Gasteiger charge is -2.17. The molecule has 0 fully saturated rings. The van der Waals surface area contributed by atoms with Crippen LogP contribution in [-0.4, -0.2) is 25.2 Å². The highest BCUT2D eigenvalue weighted by molar-refractivity contribution is 7.11. The minimum atomic E-state index is -0.249. The minimum absolute atomic E-state index is 0.214. The lowest BCUT2D eigenvalue weighted by atomic mass is 10.2. The van der Waals surface area contributed by atoms with Gasteiger partial charge in [-0.2, -0.15) is 0 Å². The van der Waals surface area contributed by atoms with E-state index in [-0.39, 0.29) is 18.1 Å². The molecular weight excluding hydrogens is 222 g/mol. The van der Waals surface area contributed by atoms with Gasteiger partial charge in [-0.1, -0.05) is 0 Å². The molecule has 0 radical (unpaired) electrons. The highest BCUT2D eigenvalue weighted by Gasteiger charge is 2.15. The fraction of sp³-hybridized carbons (Fsp3) is 0.583. The Labute approximate surface area is 101 Å². The molecule has 1 aromatic rings. The van der Waals surface area contributed by atoms with E-state index >= 15 is 0 Å². The predicted molar refractivity (Wildman–Crippen MR) is 66.8 cm³/mol. The van der Waals surface area contributed by atoms with E-state index in [4.69, 9.17) is 0 Å². The van der Waals surface area contributed by atoms with Crippen LogP contribution in [0.5, 0.6) is 0 Å². The van der Waals surface area contributed by atoms with Crippen molar-refractivity contribution in [3.63, 3.8) is 0 Å². The van der Waals surface area contributed by atoms with Gasteiger partial charge in [0.2, 0.25) is 0 Å².